The number of ether oxygens (including phenoxy) is 4. The second-order valence-corrected chi connectivity index (χ2v) is 10.7. The highest BCUT2D eigenvalue weighted by Gasteiger charge is 2.15. The first-order chi connectivity index (χ1) is 22.2. The van der Waals surface area contributed by atoms with Gasteiger partial charge in [0.25, 0.3) is 0 Å². The Kier molecular flexibility index (Phi) is 12.1. The van der Waals surface area contributed by atoms with Crippen molar-refractivity contribution in [3.63, 3.8) is 0 Å². The van der Waals surface area contributed by atoms with E-state index in [9.17, 15) is 14.4 Å². The zero-order chi connectivity index (χ0) is 32.9. The van der Waals surface area contributed by atoms with Crippen LogP contribution in [0.15, 0.2) is 121 Å². The van der Waals surface area contributed by atoms with E-state index >= 15 is 0 Å². The fraction of sp³-hybridized carbons (Fsp3) is 0.205. The van der Waals surface area contributed by atoms with Crippen LogP contribution in [0.3, 0.4) is 0 Å². The summed E-state index contributed by atoms with van der Waals surface area (Å²) in [5.41, 5.74) is 5.66. The van der Waals surface area contributed by atoms with E-state index in [1.807, 2.05) is 97.1 Å². The van der Waals surface area contributed by atoms with E-state index in [0.29, 0.717) is 54.1 Å². The number of rotatable bonds is 16. The lowest BCUT2D eigenvalue weighted by molar-refractivity contribution is -0.140. The first-order valence-corrected chi connectivity index (χ1v) is 15.1. The van der Waals surface area contributed by atoms with Crippen LogP contribution in [0.4, 0.5) is 0 Å². The maximum Gasteiger partial charge on any atom is 0.333 e. The van der Waals surface area contributed by atoms with Gasteiger partial charge in [-0.1, -0.05) is 86.0 Å². The summed E-state index contributed by atoms with van der Waals surface area (Å²) in [6, 6.07) is 30.4. The van der Waals surface area contributed by atoms with Gasteiger partial charge in [-0.05, 0) is 60.4 Å². The molecule has 0 unspecified atom stereocenters. The number of hydrogen-bond donors (Lipinski definition) is 0. The quantitative estimate of drug-likeness (QED) is 0.0544. The van der Waals surface area contributed by atoms with E-state index in [1.165, 1.54) is 0 Å². The molecule has 7 nitrogen and oxygen atoms in total. The van der Waals surface area contributed by atoms with Gasteiger partial charge >= 0.3 is 11.9 Å². The molecule has 7 heteroatoms. The van der Waals surface area contributed by atoms with Crippen molar-refractivity contribution in [2.75, 3.05) is 26.4 Å². The first-order valence-electron chi connectivity index (χ1n) is 15.1. The van der Waals surface area contributed by atoms with Gasteiger partial charge in [-0.15, -0.1) is 0 Å². The Morgan fingerprint density at radius 3 is 1.46 bits per heavy atom. The minimum Gasteiger partial charge on any atom is -0.493 e. The standard InChI is InChI=1S/C39H38O7/c1-27(2)38(41)45-25-7-23-43-33-19-15-30(16-20-33)29-11-13-32(14-12-29)37(40)36-10-6-5-9-35(36)31-17-21-34(22-18-31)44-24-8-26-46-39(42)28(3)4/h5-6,9-22H,1,3,7-8,23-26H2,2,4H3. The summed E-state index contributed by atoms with van der Waals surface area (Å²) < 4.78 is 21.7. The molecule has 0 spiro atoms. The largest absolute Gasteiger partial charge is 0.493 e. The SMILES string of the molecule is C=C(C)C(=O)OCCCOc1ccc(-c2ccc(C(=O)c3ccccc3-c3ccc(OCCCOC(=O)C(=C)C)cc3)cc2)cc1. The molecule has 0 bridgehead atoms. The van der Waals surface area contributed by atoms with Gasteiger partial charge in [-0.25, -0.2) is 9.59 Å². The summed E-state index contributed by atoms with van der Waals surface area (Å²) in [7, 11) is 0. The Morgan fingerprint density at radius 1 is 0.543 bits per heavy atom. The average molecular weight is 619 g/mol. The van der Waals surface area contributed by atoms with Crippen LogP contribution in [0, 0.1) is 0 Å². The van der Waals surface area contributed by atoms with Gasteiger partial charge in [0, 0.05) is 35.1 Å². The van der Waals surface area contributed by atoms with Gasteiger partial charge in [-0.2, -0.15) is 0 Å². The lowest BCUT2D eigenvalue weighted by atomic mass is 9.93. The van der Waals surface area contributed by atoms with Crippen LogP contribution in [-0.4, -0.2) is 44.1 Å². The molecule has 0 saturated carbocycles. The normalized spacial score (nSPS) is 10.5. The minimum atomic E-state index is -0.403. The lowest BCUT2D eigenvalue weighted by Crippen LogP contribution is -2.09. The van der Waals surface area contributed by atoms with Crippen LogP contribution in [0.25, 0.3) is 22.3 Å². The molecule has 0 aliphatic carbocycles. The second kappa shape index (κ2) is 16.6. The van der Waals surface area contributed by atoms with Gasteiger partial charge < -0.3 is 18.9 Å². The molecule has 0 radical (unpaired) electrons. The average Bonchev–Trinajstić information content (AvgIpc) is 3.08. The number of esters is 2. The first kappa shape index (κ1) is 33.5. The Hall–Kier alpha value is -5.43. The fourth-order valence-corrected chi connectivity index (χ4v) is 4.45. The number of carbonyl (C=O) groups is 3. The van der Waals surface area contributed by atoms with E-state index in [-0.39, 0.29) is 19.0 Å². The van der Waals surface area contributed by atoms with Gasteiger partial charge in [0.2, 0.25) is 0 Å². The van der Waals surface area contributed by atoms with E-state index in [2.05, 4.69) is 13.2 Å². The summed E-state index contributed by atoms with van der Waals surface area (Å²) in [5.74, 6) is 0.548. The second-order valence-electron chi connectivity index (χ2n) is 10.7. The van der Waals surface area contributed by atoms with Crippen molar-refractivity contribution >= 4 is 17.7 Å². The van der Waals surface area contributed by atoms with Gasteiger partial charge in [0.15, 0.2) is 5.78 Å². The molecule has 0 saturated heterocycles. The van der Waals surface area contributed by atoms with Crippen LogP contribution >= 0.6 is 0 Å². The minimum absolute atomic E-state index is 0.0653. The molecule has 0 aromatic heterocycles. The van der Waals surface area contributed by atoms with Crippen molar-refractivity contribution in [3.8, 4) is 33.8 Å². The molecule has 4 aromatic carbocycles. The summed E-state index contributed by atoms with van der Waals surface area (Å²) in [5, 5.41) is 0. The van der Waals surface area contributed by atoms with E-state index < -0.39 is 11.9 Å². The summed E-state index contributed by atoms with van der Waals surface area (Å²) >= 11 is 0. The molecule has 4 aromatic rings. The van der Waals surface area contributed by atoms with Gasteiger partial charge in [0.1, 0.15) is 11.5 Å². The zero-order valence-corrected chi connectivity index (χ0v) is 26.3. The molecular weight excluding hydrogens is 580 g/mol. The number of hydrogen-bond acceptors (Lipinski definition) is 7. The molecule has 46 heavy (non-hydrogen) atoms. The van der Waals surface area contributed by atoms with Crippen molar-refractivity contribution in [2.24, 2.45) is 0 Å². The van der Waals surface area contributed by atoms with Crippen LogP contribution in [0.2, 0.25) is 0 Å². The molecule has 0 N–H and O–H groups in total. The Morgan fingerprint density at radius 2 is 0.978 bits per heavy atom. The monoisotopic (exact) mass is 618 g/mol. The molecule has 0 atom stereocenters. The van der Waals surface area contributed by atoms with Crippen molar-refractivity contribution in [1.29, 1.82) is 0 Å². The van der Waals surface area contributed by atoms with E-state index in [0.717, 1.165) is 28.0 Å². The molecule has 236 valence electrons. The van der Waals surface area contributed by atoms with Crippen molar-refractivity contribution in [2.45, 2.75) is 26.7 Å². The van der Waals surface area contributed by atoms with Crippen LogP contribution < -0.4 is 9.47 Å². The van der Waals surface area contributed by atoms with Crippen LogP contribution in [0.1, 0.15) is 42.6 Å². The van der Waals surface area contributed by atoms with Crippen LogP contribution in [0.5, 0.6) is 11.5 Å². The fourth-order valence-electron chi connectivity index (χ4n) is 4.45. The van der Waals surface area contributed by atoms with E-state index in [1.54, 1.807) is 13.8 Å². The van der Waals surface area contributed by atoms with E-state index in [4.69, 9.17) is 18.9 Å². The third kappa shape index (κ3) is 9.53. The Balaban J connectivity index is 1.32. The lowest BCUT2D eigenvalue weighted by Gasteiger charge is -2.11. The summed E-state index contributed by atoms with van der Waals surface area (Å²) in [6.07, 6.45) is 1.14. The predicted octanol–water partition coefficient (Wildman–Crippen LogP) is 8.03. The molecule has 0 amide bonds. The maximum atomic E-state index is 13.6. The highest BCUT2D eigenvalue weighted by atomic mass is 16.5. The Labute approximate surface area is 270 Å². The Bertz CT molecular complexity index is 1670. The molecule has 0 fully saturated rings. The van der Waals surface area contributed by atoms with Crippen LogP contribution in [-0.2, 0) is 19.1 Å². The topological polar surface area (TPSA) is 88.1 Å². The molecule has 0 aliphatic rings. The number of carbonyl (C=O) groups excluding carboxylic acids is 3. The summed E-state index contributed by atoms with van der Waals surface area (Å²) in [6.45, 7) is 11.7. The zero-order valence-electron chi connectivity index (χ0n) is 26.3. The molecule has 0 aliphatic heterocycles. The molecular formula is C39H38O7. The molecule has 4 rings (SSSR count). The third-order valence-electron chi connectivity index (χ3n) is 6.95. The highest BCUT2D eigenvalue weighted by Crippen LogP contribution is 2.29. The van der Waals surface area contributed by atoms with Crippen molar-refractivity contribution < 1.29 is 33.3 Å². The maximum absolute atomic E-state index is 13.6. The highest BCUT2D eigenvalue weighted by molar-refractivity contribution is 6.13. The number of benzene rings is 4. The number of ketones is 1. The van der Waals surface area contributed by atoms with Crippen molar-refractivity contribution in [1.82, 2.24) is 0 Å². The van der Waals surface area contributed by atoms with Gasteiger partial charge in [-0.3, -0.25) is 4.79 Å². The molecule has 0 heterocycles. The van der Waals surface area contributed by atoms with Gasteiger partial charge in [0.05, 0.1) is 26.4 Å². The predicted molar refractivity (Wildman–Crippen MR) is 179 cm³/mol. The van der Waals surface area contributed by atoms with Crippen molar-refractivity contribution in [3.05, 3.63) is 132 Å². The third-order valence-corrected chi connectivity index (χ3v) is 6.95. The smallest absolute Gasteiger partial charge is 0.333 e. The summed E-state index contributed by atoms with van der Waals surface area (Å²) in [4.78, 5) is 36.5.